The lowest BCUT2D eigenvalue weighted by Crippen LogP contribution is -2.41. The lowest BCUT2D eigenvalue weighted by atomic mass is 10.2. The van der Waals surface area contributed by atoms with Crippen molar-refractivity contribution in [2.75, 3.05) is 17.6 Å². The van der Waals surface area contributed by atoms with E-state index in [1.165, 1.54) is 24.5 Å². The van der Waals surface area contributed by atoms with Crippen molar-refractivity contribution in [3.8, 4) is 0 Å². The van der Waals surface area contributed by atoms with E-state index in [4.69, 9.17) is 5.73 Å². The van der Waals surface area contributed by atoms with Crippen LogP contribution in [0.25, 0.3) is 0 Å². The molecule has 3 N–H and O–H groups in total. The van der Waals surface area contributed by atoms with Crippen LogP contribution in [0.1, 0.15) is 33.1 Å². The Hall–Kier alpha value is -1.72. The molecule has 2 rings (SSSR count). The summed E-state index contributed by atoms with van der Waals surface area (Å²) in [5.74, 6) is 1.32. The first-order valence-electron chi connectivity index (χ1n) is 7.25. The quantitative estimate of drug-likeness (QED) is 0.814. The van der Waals surface area contributed by atoms with Crippen molar-refractivity contribution in [1.82, 2.24) is 9.13 Å². The van der Waals surface area contributed by atoms with Gasteiger partial charge in [0, 0.05) is 20.1 Å². The summed E-state index contributed by atoms with van der Waals surface area (Å²) in [6, 6.07) is 0. The van der Waals surface area contributed by atoms with Crippen molar-refractivity contribution < 1.29 is 0 Å². The first-order chi connectivity index (χ1) is 9.41. The third-order valence-corrected chi connectivity index (χ3v) is 3.68. The van der Waals surface area contributed by atoms with Gasteiger partial charge >= 0.3 is 5.69 Å². The van der Waals surface area contributed by atoms with Crippen LogP contribution in [-0.2, 0) is 13.6 Å². The molecule has 1 aliphatic carbocycles. The zero-order valence-electron chi connectivity index (χ0n) is 12.5. The van der Waals surface area contributed by atoms with Crippen LogP contribution in [0.15, 0.2) is 9.59 Å². The summed E-state index contributed by atoms with van der Waals surface area (Å²) >= 11 is 0. The van der Waals surface area contributed by atoms with Gasteiger partial charge in [-0.2, -0.15) is 0 Å². The molecule has 0 aromatic carbocycles. The van der Waals surface area contributed by atoms with Crippen LogP contribution < -0.4 is 22.3 Å². The molecule has 1 fully saturated rings. The lowest BCUT2D eigenvalue weighted by Gasteiger charge is -2.17. The maximum absolute atomic E-state index is 12.1. The summed E-state index contributed by atoms with van der Waals surface area (Å²) in [5.41, 5.74) is 5.68. The number of hydrogen-bond acceptors (Lipinski definition) is 4. The lowest BCUT2D eigenvalue weighted by molar-refractivity contribution is 0.494. The van der Waals surface area contributed by atoms with Gasteiger partial charge in [0.2, 0.25) is 0 Å². The van der Waals surface area contributed by atoms with Crippen LogP contribution in [0.5, 0.6) is 0 Å². The summed E-state index contributed by atoms with van der Waals surface area (Å²) in [4.78, 5) is 24.3. The maximum Gasteiger partial charge on any atom is 0.332 e. The van der Waals surface area contributed by atoms with Gasteiger partial charge in [0.25, 0.3) is 5.56 Å². The van der Waals surface area contributed by atoms with Crippen LogP contribution >= 0.6 is 0 Å². The molecule has 0 atom stereocenters. The van der Waals surface area contributed by atoms with Gasteiger partial charge in [-0.25, -0.2) is 4.79 Å². The molecule has 1 aromatic heterocycles. The van der Waals surface area contributed by atoms with Gasteiger partial charge in [0.05, 0.1) is 0 Å². The highest BCUT2D eigenvalue weighted by molar-refractivity contribution is 5.60. The van der Waals surface area contributed by atoms with E-state index in [1.54, 1.807) is 0 Å². The predicted octanol–water partition coefficient (Wildman–Crippen LogP) is 0.997. The Morgan fingerprint density at radius 3 is 2.55 bits per heavy atom. The van der Waals surface area contributed by atoms with Gasteiger partial charge in [-0.05, 0) is 18.3 Å². The molecular formula is C14H24N4O2. The normalized spacial score (nSPS) is 14.8. The maximum atomic E-state index is 12.1. The fraction of sp³-hybridized carbons (Fsp3) is 0.714. The molecule has 0 radical (unpaired) electrons. The van der Waals surface area contributed by atoms with Crippen molar-refractivity contribution in [2.45, 2.75) is 39.7 Å². The average molecular weight is 280 g/mol. The second kappa shape index (κ2) is 5.73. The molecule has 0 saturated heterocycles. The summed E-state index contributed by atoms with van der Waals surface area (Å²) < 4.78 is 2.60. The third kappa shape index (κ3) is 3.05. The summed E-state index contributed by atoms with van der Waals surface area (Å²) in [6.45, 7) is 5.26. The number of hydrogen-bond donors (Lipinski definition) is 2. The van der Waals surface area contributed by atoms with E-state index in [0.717, 1.165) is 23.5 Å². The van der Waals surface area contributed by atoms with E-state index >= 15 is 0 Å². The number of aromatic nitrogens is 2. The molecule has 0 aliphatic heterocycles. The zero-order valence-corrected chi connectivity index (χ0v) is 12.5. The van der Waals surface area contributed by atoms with Crippen molar-refractivity contribution in [1.29, 1.82) is 0 Å². The Labute approximate surface area is 118 Å². The average Bonchev–Trinajstić information content (AvgIpc) is 3.20. The molecule has 1 heterocycles. The number of anilines is 2. The highest BCUT2D eigenvalue weighted by Crippen LogP contribution is 2.32. The van der Waals surface area contributed by atoms with Gasteiger partial charge in [-0.3, -0.25) is 13.9 Å². The SMILES string of the molecule is CC(C)Cn1c(N)c(NCCC2CC2)c(=O)n(C)c1=O. The molecule has 20 heavy (non-hydrogen) atoms. The van der Waals surface area contributed by atoms with Gasteiger partial charge in [0.1, 0.15) is 11.5 Å². The Kier molecular flexibility index (Phi) is 4.20. The van der Waals surface area contributed by atoms with Crippen LogP contribution in [0.4, 0.5) is 11.5 Å². The van der Waals surface area contributed by atoms with E-state index < -0.39 is 0 Å². The van der Waals surface area contributed by atoms with Crippen molar-refractivity contribution in [2.24, 2.45) is 18.9 Å². The largest absolute Gasteiger partial charge is 0.383 e. The van der Waals surface area contributed by atoms with E-state index in [-0.39, 0.29) is 23.0 Å². The summed E-state index contributed by atoms with van der Waals surface area (Å²) in [5, 5.41) is 3.12. The first-order valence-corrected chi connectivity index (χ1v) is 7.25. The van der Waals surface area contributed by atoms with Gasteiger partial charge < -0.3 is 11.1 Å². The van der Waals surface area contributed by atoms with E-state index in [0.29, 0.717) is 12.2 Å². The monoisotopic (exact) mass is 280 g/mol. The minimum atomic E-state index is -0.353. The highest BCUT2D eigenvalue weighted by Gasteiger charge is 2.21. The third-order valence-electron chi connectivity index (χ3n) is 3.68. The second-order valence-corrected chi connectivity index (χ2v) is 6.07. The Balaban J connectivity index is 2.30. The van der Waals surface area contributed by atoms with E-state index in [1.807, 2.05) is 13.8 Å². The minimum Gasteiger partial charge on any atom is -0.383 e. The van der Waals surface area contributed by atoms with E-state index in [2.05, 4.69) is 5.32 Å². The molecule has 0 bridgehead atoms. The molecule has 1 aromatic rings. The predicted molar refractivity (Wildman–Crippen MR) is 81.0 cm³/mol. The Bertz CT molecular complexity index is 596. The minimum absolute atomic E-state index is 0.252. The van der Waals surface area contributed by atoms with Gasteiger partial charge in [0.15, 0.2) is 0 Å². The number of nitrogens with two attached hydrogens (primary N) is 1. The standard InChI is InChI=1S/C14H24N4O2/c1-9(2)8-18-12(15)11(13(19)17(3)14(18)20)16-7-6-10-4-5-10/h9-10,16H,4-8,15H2,1-3H3. The zero-order chi connectivity index (χ0) is 14.9. The Morgan fingerprint density at radius 1 is 1.35 bits per heavy atom. The van der Waals surface area contributed by atoms with Crippen LogP contribution in [0, 0.1) is 11.8 Å². The van der Waals surface area contributed by atoms with Crippen LogP contribution in [0.3, 0.4) is 0 Å². The number of nitrogen functional groups attached to an aromatic ring is 1. The topological polar surface area (TPSA) is 82.0 Å². The highest BCUT2D eigenvalue weighted by atomic mass is 16.2. The number of nitrogens with one attached hydrogen (secondary N) is 1. The van der Waals surface area contributed by atoms with Crippen LogP contribution in [0.2, 0.25) is 0 Å². The second-order valence-electron chi connectivity index (χ2n) is 6.07. The molecule has 1 aliphatic rings. The molecule has 6 nitrogen and oxygen atoms in total. The fourth-order valence-corrected chi connectivity index (χ4v) is 2.30. The molecule has 1 saturated carbocycles. The molecule has 0 spiro atoms. The fourth-order valence-electron chi connectivity index (χ4n) is 2.30. The number of rotatable bonds is 6. The molecule has 112 valence electrons. The summed E-state index contributed by atoms with van der Waals surface area (Å²) in [6.07, 6.45) is 3.61. The Morgan fingerprint density at radius 2 is 2.00 bits per heavy atom. The molecule has 0 amide bonds. The van der Waals surface area contributed by atoms with Crippen molar-refractivity contribution in [3.05, 3.63) is 20.8 Å². The molecular weight excluding hydrogens is 256 g/mol. The van der Waals surface area contributed by atoms with Gasteiger partial charge in [-0.15, -0.1) is 0 Å². The van der Waals surface area contributed by atoms with Crippen LogP contribution in [-0.4, -0.2) is 15.7 Å². The number of nitrogens with zero attached hydrogens (tertiary/aromatic N) is 2. The summed E-state index contributed by atoms with van der Waals surface area (Å²) in [7, 11) is 1.49. The van der Waals surface area contributed by atoms with Crippen molar-refractivity contribution >= 4 is 11.5 Å². The first kappa shape index (κ1) is 14.7. The van der Waals surface area contributed by atoms with E-state index in [9.17, 15) is 9.59 Å². The molecule has 6 heteroatoms. The smallest absolute Gasteiger partial charge is 0.332 e. The molecule has 0 unspecified atom stereocenters. The van der Waals surface area contributed by atoms with Gasteiger partial charge in [-0.1, -0.05) is 26.7 Å². The van der Waals surface area contributed by atoms with Crippen molar-refractivity contribution in [3.63, 3.8) is 0 Å².